The molecule has 0 fully saturated rings. The second kappa shape index (κ2) is 8.03. The van der Waals surface area contributed by atoms with Crippen molar-refractivity contribution in [2.75, 3.05) is 30.9 Å². The maximum atomic E-state index is 12.8. The second-order valence-electron chi connectivity index (χ2n) is 6.12. The highest BCUT2D eigenvalue weighted by atomic mass is 79.9. The third kappa shape index (κ3) is 4.02. The average Bonchev–Trinajstić information content (AvgIpc) is 3.17. The van der Waals surface area contributed by atoms with E-state index in [-0.39, 0.29) is 11.3 Å². The van der Waals surface area contributed by atoms with Crippen LogP contribution in [0.15, 0.2) is 46.9 Å². The highest BCUT2D eigenvalue weighted by Gasteiger charge is 2.23. The van der Waals surface area contributed by atoms with Crippen molar-refractivity contribution in [3.63, 3.8) is 0 Å². The van der Waals surface area contributed by atoms with Gasteiger partial charge in [-0.2, -0.15) is 0 Å². The van der Waals surface area contributed by atoms with Crippen LogP contribution < -0.4 is 9.80 Å². The van der Waals surface area contributed by atoms with Gasteiger partial charge in [0.15, 0.2) is 0 Å². The molecule has 8 nitrogen and oxygen atoms in total. The van der Waals surface area contributed by atoms with E-state index in [4.69, 9.17) is 0 Å². The van der Waals surface area contributed by atoms with E-state index in [0.29, 0.717) is 15.8 Å². The molecule has 0 radical (unpaired) electrons. The molecule has 0 aliphatic heterocycles. The van der Waals surface area contributed by atoms with Gasteiger partial charge in [-0.15, -0.1) is 10.2 Å². The summed E-state index contributed by atoms with van der Waals surface area (Å²) in [7, 11) is 4.99. The summed E-state index contributed by atoms with van der Waals surface area (Å²) in [6.07, 6.45) is 0. The van der Waals surface area contributed by atoms with Gasteiger partial charge in [-0.3, -0.25) is 19.8 Å². The van der Waals surface area contributed by atoms with Crippen molar-refractivity contribution in [2.24, 2.45) is 0 Å². The van der Waals surface area contributed by atoms with E-state index in [9.17, 15) is 14.9 Å². The standard InChI is InChI=1S/C18H16BrN5O3S/c1-22(2)14-9-6-12(10-15(14)24(26)27)17(25)23(3)18-21-20-16(28-18)11-4-7-13(19)8-5-11/h4-10H,1-3H3. The molecule has 0 saturated carbocycles. The molecular weight excluding hydrogens is 446 g/mol. The van der Waals surface area contributed by atoms with E-state index in [2.05, 4.69) is 26.1 Å². The van der Waals surface area contributed by atoms with Gasteiger partial charge in [0.25, 0.3) is 11.6 Å². The Morgan fingerprint density at radius 3 is 2.39 bits per heavy atom. The molecule has 0 saturated heterocycles. The van der Waals surface area contributed by atoms with E-state index < -0.39 is 10.8 Å². The summed E-state index contributed by atoms with van der Waals surface area (Å²) in [4.78, 5) is 26.6. The molecule has 3 rings (SSSR count). The monoisotopic (exact) mass is 461 g/mol. The molecule has 0 N–H and O–H groups in total. The Balaban J connectivity index is 1.88. The zero-order valence-electron chi connectivity index (χ0n) is 15.3. The lowest BCUT2D eigenvalue weighted by Gasteiger charge is -2.16. The van der Waals surface area contributed by atoms with Gasteiger partial charge in [0.1, 0.15) is 10.7 Å². The van der Waals surface area contributed by atoms with E-state index in [1.54, 1.807) is 38.2 Å². The molecule has 0 spiro atoms. The van der Waals surface area contributed by atoms with Crippen molar-refractivity contribution >= 4 is 49.7 Å². The molecule has 1 heterocycles. The van der Waals surface area contributed by atoms with Crippen LogP contribution in [0.25, 0.3) is 10.6 Å². The van der Waals surface area contributed by atoms with Crippen molar-refractivity contribution < 1.29 is 9.72 Å². The lowest BCUT2D eigenvalue weighted by molar-refractivity contribution is -0.384. The van der Waals surface area contributed by atoms with Crippen LogP contribution in [0.5, 0.6) is 0 Å². The molecule has 3 aromatic rings. The normalized spacial score (nSPS) is 10.6. The number of hydrogen-bond donors (Lipinski definition) is 0. The summed E-state index contributed by atoms with van der Waals surface area (Å²) < 4.78 is 0.955. The molecular formula is C18H16BrN5O3S. The molecule has 0 bridgehead atoms. The number of anilines is 2. The van der Waals surface area contributed by atoms with Crippen molar-refractivity contribution in [3.05, 3.63) is 62.6 Å². The highest BCUT2D eigenvalue weighted by molar-refractivity contribution is 9.10. The first kappa shape index (κ1) is 19.9. The second-order valence-corrected chi connectivity index (χ2v) is 7.99. The Bertz CT molecular complexity index is 1040. The number of nitrogens with zero attached hydrogens (tertiary/aromatic N) is 5. The van der Waals surface area contributed by atoms with Gasteiger partial charge in [0, 0.05) is 42.8 Å². The van der Waals surface area contributed by atoms with Crippen LogP contribution >= 0.6 is 27.3 Å². The van der Waals surface area contributed by atoms with Gasteiger partial charge < -0.3 is 4.90 Å². The maximum Gasteiger partial charge on any atom is 0.293 e. The zero-order valence-corrected chi connectivity index (χ0v) is 17.7. The third-order valence-electron chi connectivity index (χ3n) is 4.00. The molecule has 1 amide bonds. The highest BCUT2D eigenvalue weighted by Crippen LogP contribution is 2.31. The van der Waals surface area contributed by atoms with Crippen LogP contribution in [0.1, 0.15) is 10.4 Å². The average molecular weight is 462 g/mol. The van der Waals surface area contributed by atoms with E-state index in [1.807, 2.05) is 24.3 Å². The van der Waals surface area contributed by atoms with Gasteiger partial charge >= 0.3 is 0 Å². The van der Waals surface area contributed by atoms with Crippen LogP contribution in [0.2, 0.25) is 0 Å². The van der Waals surface area contributed by atoms with Crippen LogP contribution in [0, 0.1) is 10.1 Å². The van der Waals surface area contributed by atoms with Gasteiger partial charge in [-0.05, 0) is 24.3 Å². The number of hydrogen-bond acceptors (Lipinski definition) is 7. The molecule has 0 aliphatic carbocycles. The Kier molecular flexibility index (Phi) is 5.71. The number of carbonyl (C=O) groups excluding carboxylic acids is 1. The van der Waals surface area contributed by atoms with Crippen LogP contribution in [0.4, 0.5) is 16.5 Å². The minimum absolute atomic E-state index is 0.128. The zero-order chi connectivity index (χ0) is 20.4. The predicted molar refractivity (Wildman–Crippen MR) is 113 cm³/mol. The first-order valence-electron chi connectivity index (χ1n) is 8.11. The molecule has 144 valence electrons. The number of nitro groups is 1. The number of nitro benzene ring substituents is 1. The summed E-state index contributed by atoms with van der Waals surface area (Å²) in [5, 5.41) is 20.7. The molecule has 0 unspecified atom stereocenters. The van der Waals surface area contributed by atoms with E-state index in [1.165, 1.54) is 22.3 Å². The minimum atomic E-state index is -0.497. The largest absolute Gasteiger partial charge is 0.372 e. The van der Waals surface area contributed by atoms with Crippen molar-refractivity contribution in [2.45, 2.75) is 0 Å². The first-order valence-corrected chi connectivity index (χ1v) is 9.72. The number of amides is 1. The molecule has 2 aromatic carbocycles. The summed E-state index contributed by atoms with van der Waals surface area (Å²) in [5.74, 6) is -0.396. The quantitative estimate of drug-likeness (QED) is 0.417. The lowest BCUT2D eigenvalue weighted by atomic mass is 10.1. The third-order valence-corrected chi connectivity index (χ3v) is 5.58. The van der Waals surface area contributed by atoms with Crippen LogP contribution in [-0.2, 0) is 0 Å². The molecule has 0 aliphatic rings. The number of carbonyl (C=O) groups is 1. The Labute approximate surface area is 173 Å². The Morgan fingerprint density at radius 1 is 1.11 bits per heavy atom. The van der Waals surface area contributed by atoms with Gasteiger partial charge in [-0.1, -0.05) is 39.4 Å². The Hall–Kier alpha value is -2.85. The number of halogens is 1. The Morgan fingerprint density at radius 2 is 1.79 bits per heavy atom. The topological polar surface area (TPSA) is 92.5 Å². The minimum Gasteiger partial charge on any atom is -0.372 e. The van der Waals surface area contributed by atoms with Crippen molar-refractivity contribution in [1.82, 2.24) is 10.2 Å². The smallest absolute Gasteiger partial charge is 0.293 e. The summed E-state index contributed by atoms with van der Waals surface area (Å²) in [6, 6.07) is 12.0. The molecule has 28 heavy (non-hydrogen) atoms. The fourth-order valence-electron chi connectivity index (χ4n) is 2.52. The van der Waals surface area contributed by atoms with Crippen LogP contribution in [-0.4, -0.2) is 42.2 Å². The molecule has 0 atom stereocenters. The fourth-order valence-corrected chi connectivity index (χ4v) is 3.60. The maximum absolute atomic E-state index is 12.8. The van der Waals surface area contributed by atoms with Crippen LogP contribution in [0.3, 0.4) is 0 Å². The van der Waals surface area contributed by atoms with E-state index >= 15 is 0 Å². The number of rotatable bonds is 5. The summed E-state index contributed by atoms with van der Waals surface area (Å²) in [5.41, 5.74) is 1.40. The molecule has 1 aromatic heterocycles. The SMILES string of the molecule is CN(C)c1ccc(C(=O)N(C)c2nnc(-c3ccc(Br)cc3)s2)cc1[N+](=O)[O-]. The van der Waals surface area contributed by atoms with Gasteiger partial charge in [-0.25, -0.2) is 0 Å². The lowest BCUT2D eigenvalue weighted by Crippen LogP contribution is -2.26. The fraction of sp³-hybridized carbons (Fsp3) is 0.167. The number of benzene rings is 2. The summed E-state index contributed by atoms with van der Waals surface area (Å²) >= 11 is 4.65. The van der Waals surface area contributed by atoms with Gasteiger partial charge in [0.05, 0.1) is 4.92 Å². The van der Waals surface area contributed by atoms with E-state index in [0.717, 1.165) is 10.0 Å². The molecule has 10 heteroatoms. The van der Waals surface area contributed by atoms with Crippen molar-refractivity contribution in [3.8, 4) is 10.6 Å². The number of aromatic nitrogens is 2. The van der Waals surface area contributed by atoms with Gasteiger partial charge in [0.2, 0.25) is 5.13 Å². The van der Waals surface area contributed by atoms with Crippen molar-refractivity contribution in [1.29, 1.82) is 0 Å². The summed E-state index contributed by atoms with van der Waals surface area (Å²) in [6.45, 7) is 0. The predicted octanol–water partition coefficient (Wildman–Crippen LogP) is 4.22. The first-order chi connectivity index (χ1) is 13.3.